The van der Waals surface area contributed by atoms with Gasteiger partial charge in [-0.1, -0.05) is 128 Å². The molecule has 0 saturated carbocycles. The second kappa shape index (κ2) is 7.79. The van der Waals surface area contributed by atoms with Crippen LogP contribution in [0.25, 0.3) is 54.2 Å². The van der Waals surface area contributed by atoms with Crippen LogP contribution in [0.4, 0.5) is 0 Å². The van der Waals surface area contributed by atoms with Crippen molar-refractivity contribution in [3.63, 3.8) is 0 Å². The fourth-order valence-electron chi connectivity index (χ4n) is 6.98. The highest BCUT2D eigenvalue weighted by molar-refractivity contribution is 6.33. The maximum atomic E-state index is 2.40. The third-order valence-corrected chi connectivity index (χ3v) is 8.58. The maximum Gasteiger partial charge on any atom is 0.00762 e. The minimum Gasteiger partial charge on any atom is -0.0622 e. The number of rotatable bonds is 3. The minimum absolute atomic E-state index is 0.274. The van der Waals surface area contributed by atoms with Gasteiger partial charge in [-0.15, -0.1) is 0 Å². The Hall–Kier alpha value is -4.42. The van der Waals surface area contributed by atoms with E-state index >= 15 is 0 Å². The summed E-state index contributed by atoms with van der Waals surface area (Å²) in [5, 5.41) is 10.9. The summed E-state index contributed by atoms with van der Waals surface area (Å²) in [4.78, 5) is 0. The van der Waals surface area contributed by atoms with Crippen LogP contribution < -0.4 is 0 Å². The second-order valence-corrected chi connectivity index (χ2v) is 10.5. The Kier molecular flexibility index (Phi) is 4.37. The van der Waals surface area contributed by atoms with Crippen molar-refractivity contribution < 1.29 is 0 Å². The van der Waals surface area contributed by atoms with E-state index in [1.807, 2.05) is 0 Å². The highest BCUT2D eigenvalue weighted by Gasteiger charge is 2.28. The molecule has 7 aromatic carbocycles. The summed E-state index contributed by atoms with van der Waals surface area (Å²) in [6.07, 6.45) is 0.997. The monoisotopic (exact) mass is 470 g/mol. The first-order valence-corrected chi connectivity index (χ1v) is 13.2. The summed E-state index contributed by atoms with van der Waals surface area (Å²) in [5.41, 5.74) is 8.53. The summed E-state index contributed by atoms with van der Waals surface area (Å²) in [7, 11) is 0. The normalized spacial score (nSPS) is 14.3. The van der Waals surface area contributed by atoms with Gasteiger partial charge in [0.25, 0.3) is 0 Å². The topological polar surface area (TPSA) is 0 Å². The van der Waals surface area contributed by atoms with Crippen LogP contribution in [-0.4, -0.2) is 0 Å². The van der Waals surface area contributed by atoms with E-state index in [1.165, 1.54) is 76.5 Å². The first-order chi connectivity index (χ1) is 18.3. The van der Waals surface area contributed by atoms with Gasteiger partial charge in [-0.3, -0.25) is 0 Å². The van der Waals surface area contributed by atoms with Gasteiger partial charge in [-0.25, -0.2) is 0 Å². The molecule has 0 spiro atoms. The first-order valence-electron chi connectivity index (χ1n) is 13.2. The molecule has 0 nitrogen and oxygen atoms in total. The van der Waals surface area contributed by atoms with Crippen LogP contribution in [0.3, 0.4) is 0 Å². The molecule has 0 aromatic heterocycles. The van der Waals surface area contributed by atoms with Crippen LogP contribution in [0.1, 0.15) is 35.1 Å². The quantitative estimate of drug-likeness (QED) is 0.178. The van der Waals surface area contributed by atoms with Crippen LogP contribution in [0, 0.1) is 0 Å². The van der Waals surface area contributed by atoms with Crippen LogP contribution in [0.5, 0.6) is 0 Å². The van der Waals surface area contributed by atoms with Gasteiger partial charge in [-0.05, 0) is 82.9 Å². The lowest BCUT2D eigenvalue weighted by molar-refractivity contribution is 1.01. The van der Waals surface area contributed by atoms with Gasteiger partial charge < -0.3 is 0 Å². The van der Waals surface area contributed by atoms with Crippen molar-refractivity contribution in [2.24, 2.45) is 0 Å². The lowest BCUT2D eigenvalue weighted by Crippen LogP contribution is -2.00. The molecule has 0 heterocycles. The molecule has 0 bridgehead atoms. The van der Waals surface area contributed by atoms with E-state index in [4.69, 9.17) is 0 Å². The van der Waals surface area contributed by atoms with Crippen molar-refractivity contribution in [3.05, 3.63) is 144 Å². The fourth-order valence-corrected chi connectivity index (χ4v) is 6.98. The molecule has 1 aliphatic rings. The van der Waals surface area contributed by atoms with E-state index in [-0.39, 0.29) is 5.92 Å². The highest BCUT2D eigenvalue weighted by Crippen LogP contribution is 2.48. The Morgan fingerprint density at radius 1 is 0.514 bits per heavy atom. The third-order valence-electron chi connectivity index (χ3n) is 8.58. The van der Waals surface area contributed by atoms with Crippen molar-refractivity contribution in [2.45, 2.75) is 19.3 Å². The largest absolute Gasteiger partial charge is 0.0622 e. The molecular formula is C37H26. The molecule has 1 aliphatic carbocycles. The van der Waals surface area contributed by atoms with E-state index in [0.29, 0.717) is 0 Å². The standard InChI is InChI=1S/C37H26/c1-23(35-28-15-6-5-12-26(28)22-34(35)24-10-3-2-4-11-24)27-20-21-33-31-17-8-14-25-13-7-16-30(36(25)31)32-19-9-18-29(27)37(32)33/h2-21,23H,22H2,1H3. The molecule has 0 saturated heterocycles. The van der Waals surface area contributed by atoms with E-state index in [1.54, 1.807) is 0 Å². The summed E-state index contributed by atoms with van der Waals surface area (Å²) in [5.74, 6) is 0.274. The van der Waals surface area contributed by atoms with Gasteiger partial charge in [-0.2, -0.15) is 0 Å². The van der Waals surface area contributed by atoms with Crippen LogP contribution in [-0.2, 0) is 6.42 Å². The zero-order valence-electron chi connectivity index (χ0n) is 20.8. The number of hydrogen-bond donors (Lipinski definition) is 0. The average Bonchev–Trinajstić information content (AvgIpc) is 3.35. The Labute approximate surface area is 216 Å². The number of allylic oxidation sites excluding steroid dienone is 2. The molecule has 1 atom stereocenters. The average molecular weight is 471 g/mol. The van der Waals surface area contributed by atoms with Gasteiger partial charge in [0.2, 0.25) is 0 Å². The lowest BCUT2D eigenvalue weighted by Gasteiger charge is -2.22. The molecule has 0 fully saturated rings. The van der Waals surface area contributed by atoms with Gasteiger partial charge in [0, 0.05) is 5.92 Å². The first kappa shape index (κ1) is 20.7. The molecular weight excluding hydrogens is 444 g/mol. The Morgan fingerprint density at radius 2 is 1.14 bits per heavy atom. The van der Waals surface area contributed by atoms with Crippen LogP contribution in [0.2, 0.25) is 0 Å². The molecule has 7 aromatic rings. The third kappa shape index (κ3) is 2.90. The number of fused-ring (bicyclic) bond motifs is 3. The van der Waals surface area contributed by atoms with Crippen LogP contribution in [0.15, 0.2) is 121 Å². The zero-order chi connectivity index (χ0) is 24.5. The van der Waals surface area contributed by atoms with E-state index < -0.39 is 0 Å². The van der Waals surface area contributed by atoms with Crippen molar-refractivity contribution >= 4 is 54.2 Å². The van der Waals surface area contributed by atoms with Crippen molar-refractivity contribution in [1.82, 2.24) is 0 Å². The molecule has 0 aliphatic heterocycles. The SMILES string of the molecule is CC(C1=C(c2ccccc2)Cc2ccccc21)c1ccc2c3cccc4cccc(c5cccc1c52)c43. The second-order valence-electron chi connectivity index (χ2n) is 10.5. The van der Waals surface area contributed by atoms with Gasteiger partial charge in [0.1, 0.15) is 0 Å². The van der Waals surface area contributed by atoms with E-state index in [2.05, 4.69) is 128 Å². The van der Waals surface area contributed by atoms with Gasteiger partial charge in [0.05, 0.1) is 0 Å². The predicted octanol–water partition coefficient (Wildman–Crippen LogP) is 10.0. The molecule has 174 valence electrons. The summed E-state index contributed by atoms with van der Waals surface area (Å²) in [6, 6.07) is 45.1. The van der Waals surface area contributed by atoms with Crippen molar-refractivity contribution in [1.29, 1.82) is 0 Å². The fraction of sp³-hybridized carbons (Fsp3) is 0.0811. The summed E-state index contributed by atoms with van der Waals surface area (Å²) >= 11 is 0. The zero-order valence-corrected chi connectivity index (χ0v) is 20.8. The molecule has 0 N–H and O–H groups in total. The van der Waals surface area contributed by atoms with Crippen molar-refractivity contribution in [3.8, 4) is 0 Å². The Bertz CT molecular complexity index is 1960. The molecule has 0 radical (unpaired) electrons. The van der Waals surface area contributed by atoms with Crippen LogP contribution >= 0.6 is 0 Å². The maximum absolute atomic E-state index is 2.40. The van der Waals surface area contributed by atoms with Gasteiger partial charge in [0.15, 0.2) is 0 Å². The molecule has 0 amide bonds. The van der Waals surface area contributed by atoms with E-state index in [9.17, 15) is 0 Å². The number of hydrogen-bond acceptors (Lipinski definition) is 0. The van der Waals surface area contributed by atoms with E-state index in [0.717, 1.165) is 6.42 Å². The number of benzene rings is 7. The molecule has 8 rings (SSSR count). The summed E-state index contributed by atoms with van der Waals surface area (Å²) < 4.78 is 0. The Balaban J connectivity index is 1.44. The summed E-state index contributed by atoms with van der Waals surface area (Å²) in [6.45, 7) is 2.40. The predicted molar refractivity (Wildman–Crippen MR) is 159 cm³/mol. The highest BCUT2D eigenvalue weighted by atomic mass is 14.3. The molecule has 1 unspecified atom stereocenters. The molecule has 37 heavy (non-hydrogen) atoms. The lowest BCUT2D eigenvalue weighted by atomic mass is 9.81. The Morgan fingerprint density at radius 3 is 1.92 bits per heavy atom. The minimum atomic E-state index is 0.274. The van der Waals surface area contributed by atoms with Crippen molar-refractivity contribution in [2.75, 3.05) is 0 Å². The van der Waals surface area contributed by atoms with Gasteiger partial charge >= 0.3 is 0 Å². The smallest absolute Gasteiger partial charge is 0.00762 e. The molecule has 0 heteroatoms.